The van der Waals surface area contributed by atoms with Crippen molar-refractivity contribution in [2.75, 3.05) is 6.54 Å². The van der Waals surface area contributed by atoms with Gasteiger partial charge in [-0.25, -0.2) is 0 Å². The normalized spacial score (nSPS) is 26.8. The van der Waals surface area contributed by atoms with Crippen molar-refractivity contribution in [3.8, 4) is 0 Å². The van der Waals surface area contributed by atoms with Crippen molar-refractivity contribution in [2.45, 2.75) is 52.0 Å². The quantitative estimate of drug-likeness (QED) is 0.824. The molecular weight excluding hydrogens is 298 g/mol. The molecule has 0 aliphatic heterocycles. The van der Waals surface area contributed by atoms with Crippen molar-refractivity contribution in [2.24, 2.45) is 11.8 Å². The van der Waals surface area contributed by atoms with E-state index in [1.54, 1.807) is 0 Å². The Morgan fingerprint density at radius 3 is 2.47 bits per heavy atom. The summed E-state index contributed by atoms with van der Waals surface area (Å²) in [5.41, 5.74) is 1.84. The standard InChI is InChI=1S/C17H26BrN/c1-12(2)14-9-17(10-14,11-19-13(3)4)15-6-5-7-16(18)8-15/h5-8,12-14,19H,9-11H2,1-4H3. The summed E-state index contributed by atoms with van der Waals surface area (Å²) < 4.78 is 1.20. The molecule has 0 amide bonds. The Morgan fingerprint density at radius 1 is 1.26 bits per heavy atom. The lowest BCUT2D eigenvalue weighted by atomic mass is 9.56. The minimum atomic E-state index is 0.350. The Kier molecular flexibility index (Phi) is 4.73. The maximum atomic E-state index is 3.65. The van der Waals surface area contributed by atoms with E-state index in [0.717, 1.165) is 18.4 Å². The average Bonchev–Trinajstić information content (AvgIpc) is 2.26. The van der Waals surface area contributed by atoms with Gasteiger partial charge in [-0.05, 0) is 42.4 Å². The summed E-state index contributed by atoms with van der Waals surface area (Å²) in [6.07, 6.45) is 2.64. The number of nitrogens with one attached hydrogen (secondary N) is 1. The van der Waals surface area contributed by atoms with E-state index in [-0.39, 0.29) is 0 Å². The first kappa shape index (κ1) is 15.1. The van der Waals surface area contributed by atoms with Crippen LogP contribution in [-0.4, -0.2) is 12.6 Å². The number of hydrogen-bond acceptors (Lipinski definition) is 1. The maximum Gasteiger partial charge on any atom is 0.0178 e. The van der Waals surface area contributed by atoms with Gasteiger partial charge in [-0.1, -0.05) is 55.8 Å². The zero-order chi connectivity index (χ0) is 14.0. The van der Waals surface area contributed by atoms with Crippen LogP contribution in [0, 0.1) is 11.8 Å². The molecule has 0 spiro atoms. The van der Waals surface area contributed by atoms with Gasteiger partial charge in [-0.15, -0.1) is 0 Å². The van der Waals surface area contributed by atoms with Crippen molar-refractivity contribution < 1.29 is 0 Å². The minimum Gasteiger partial charge on any atom is -0.314 e. The molecule has 0 heterocycles. The van der Waals surface area contributed by atoms with Gasteiger partial charge in [0.15, 0.2) is 0 Å². The molecule has 106 valence electrons. The van der Waals surface area contributed by atoms with Crippen LogP contribution in [0.2, 0.25) is 0 Å². The number of halogens is 1. The smallest absolute Gasteiger partial charge is 0.0178 e. The molecule has 1 aliphatic rings. The first-order valence-corrected chi connectivity index (χ1v) is 8.22. The van der Waals surface area contributed by atoms with Gasteiger partial charge in [0.2, 0.25) is 0 Å². The van der Waals surface area contributed by atoms with Crippen molar-refractivity contribution in [3.63, 3.8) is 0 Å². The van der Waals surface area contributed by atoms with Gasteiger partial charge < -0.3 is 5.32 Å². The number of rotatable bonds is 5. The van der Waals surface area contributed by atoms with Gasteiger partial charge in [-0.3, -0.25) is 0 Å². The van der Waals surface area contributed by atoms with E-state index in [2.05, 4.69) is 73.2 Å². The second-order valence-electron chi connectivity index (χ2n) is 6.74. The van der Waals surface area contributed by atoms with Crippen LogP contribution in [0.3, 0.4) is 0 Å². The molecule has 1 nitrogen and oxygen atoms in total. The van der Waals surface area contributed by atoms with Crippen molar-refractivity contribution in [1.29, 1.82) is 0 Å². The van der Waals surface area contributed by atoms with Crippen LogP contribution in [0.1, 0.15) is 46.1 Å². The van der Waals surface area contributed by atoms with Gasteiger partial charge in [-0.2, -0.15) is 0 Å². The van der Waals surface area contributed by atoms with Gasteiger partial charge in [0.25, 0.3) is 0 Å². The predicted molar refractivity (Wildman–Crippen MR) is 86.5 cm³/mol. The van der Waals surface area contributed by atoms with Crippen LogP contribution in [0.15, 0.2) is 28.7 Å². The summed E-state index contributed by atoms with van der Waals surface area (Å²) in [4.78, 5) is 0. The molecule has 0 unspecified atom stereocenters. The van der Waals surface area contributed by atoms with Crippen LogP contribution < -0.4 is 5.32 Å². The third-order valence-electron chi connectivity index (χ3n) is 4.53. The van der Waals surface area contributed by atoms with Crippen molar-refractivity contribution in [1.82, 2.24) is 5.32 Å². The lowest BCUT2D eigenvalue weighted by Crippen LogP contribution is -2.51. The molecule has 0 bridgehead atoms. The highest BCUT2D eigenvalue weighted by molar-refractivity contribution is 9.10. The predicted octanol–water partition coefficient (Wildman–Crippen LogP) is 4.75. The van der Waals surface area contributed by atoms with Crippen LogP contribution in [-0.2, 0) is 5.41 Å². The Bertz CT molecular complexity index is 414. The average molecular weight is 324 g/mol. The van der Waals surface area contributed by atoms with E-state index < -0.39 is 0 Å². The fourth-order valence-electron chi connectivity index (χ4n) is 3.12. The Morgan fingerprint density at radius 2 is 1.95 bits per heavy atom. The molecule has 2 heteroatoms. The van der Waals surface area contributed by atoms with Crippen LogP contribution in [0.4, 0.5) is 0 Å². The summed E-state index contributed by atoms with van der Waals surface area (Å²) >= 11 is 3.61. The van der Waals surface area contributed by atoms with Gasteiger partial charge in [0, 0.05) is 22.5 Å². The summed E-state index contributed by atoms with van der Waals surface area (Å²) in [6.45, 7) is 10.3. The molecule has 1 fully saturated rings. The zero-order valence-corrected chi connectivity index (χ0v) is 14.1. The Labute approximate surface area is 126 Å². The molecule has 0 atom stereocenters. The third kappa shape index (κ3) is 3.41. The Hall–Kier alpha value is -0.340. The summed E-state index contributed by atoms with van der Waals surface area (Å²) in [5.74, 6) is 1.69. The van der Waals surface area contributed by atoms with Gasteiger partial charge in [0.05, 0.1) is 0 Å². The fourth-order valence-corrected chi connectivity index (χ4v) is 3.51. The van der Waals surface area contributed by atoms with Gasteiger partial charge >= 0.3 is 0 Å². The molecule has 0 radical (unpaired) electrons. The van der Waals surface area contributed by atoms with E-state index in [4.69, 9.17) is 0 Å². The maximum absolute atomic E-state index is 3.65. The molecule has 1 aliphatic carbocycles. The fraction of sp³-hybridized carbons (Fsp3) is 0.647. The second-order valence-corrected chi connectivity index (χ2v) is 7.65. The topological polar surface area (TPSA) is 12.0 Å². The zero-order valence-electron chi connectivity index (χ0n) is 12.5. The highest BCUT2D eigenvalue weighted by Gasteiger charge is 2.46. The summed E-state index contributed by atoms with van der Waals surface area (Å²) in [7, 11) is 0. The van der Waals surface area contributed by atoms with E-state index in [9.17, 15) is 0 Å². The summed E-state index contributed by atoms with van der Waals surface area (Å²) in [5, 5.41) is 3.65. The van der Waals surface area contributed by atoms with Crippen molar-refractivity contribution >= 4 is 15.9 Å². The van der Waals surface area contributed by atoms with E-state index >= 15 is 0 Å². The van der Waals surface area contributed by atoms with E-state index in [1.807, 2.05) is 0 Å². The van der Waals surface area contributed by atoms with Crippen LogP contribution in [0.5, 0.6) is 0 Å². The molecule has 0 saturated heterocycles. The highest BCUT2D eigenvalue weighted by Crippen LogP contribution is 2.50. The molecule has 19 heavy (non-hydrogen) atoms. The lowest BCUT2D eigenvalue weighted by Gasteiger charge is -2.50. The molecular formula is C17H26BrN. The first-order valence-electron chi connectivity index (χ1n) is 7.42. The molecule has 0 aromatic heterocycles. The van der Waals surface area contributed by atoms with E-state index in [1.165, 1.54) is 22.9 Å². The largest absolute Gasteiger partial charge is 0.314 e. The molecule has 1 aromatic carbocycles. The van der Waals surface area contributed by atoms with Gasteiger partial charge in [0.1, 0.15) is 0 Å². The summed E-state index contributed by atoms with van der Waals surface area (Å²) in [6, 6.07) is 9.44. The Balaban J connectivity index is 2.16. The number of benzene rings is 1. The van der Waals surface area contributed by atoms with Crippen LogP contribution >= 0.6 is 15.9 Å². The van der Waals surface area contributed by atoms with Crippen molar-refractivity contribution in [3.05, 3.63) is 34.3 Å². The highest BCUT2D eigenvalue weighted by atomic mass is 79.9. The molecule has 2 rings (SSSR count). The second kappa shape index (κ2) is 5.97. The van der Waals surface area contributed by atoms with E-state index in [0.29, 0.717) is 11.5 Å². The molecule has 1 N–H and O–H groups in total. The third-order valence-corrected chi connectivity index (χ3v) is 5.03. The SMILES string of the molecule is CC(C)NCC1(c2cccc(Br)c2)CC(C(C)C)C1. The minimum absolute atomic E-state index is 0.350. The molecule has 1 aromatic rings. The lowest BCUT2D eigenvalue weighted by molar-refractivity contribution is 0.0958. The molecule has 1 saturated carbocycles. The first-order chi connectivity index (χ1) is 8.93. The number of hydrogen-bond donors (Lipinski definition) is 1. The monoisotopic (exact) mass is 323 g/mol. The van der Waals surface area contributed by atoms with Crippen LogP contribution in [0.25, 0.3) is 0 Å².